The molecule has 0 bridgehead atoms. The molecule has 0 aromatic carbocycles. The third-order valence-corrected chi connectivity index (χ3v) is 9.53. The van der Waals surface area contributed by atoms with Gasteiger partial charge in [-0.05, 0) is 79.9 Å². The Kier molecular flexibility index (Phi) is 4.98. The lowest BCUT2D eigenvalue weighted by atomic mass is 9.48. The Bertz CT molecular complexity index is 899. The van der Waals surface area contributed by atoms with Gasteiger partial charge < -0.3 is 10.2 Å². The first-order valence-electron chi connectivity index (χ1n) is 12.0. The van der Waals surface area contributed by atoms with Crippen LogP contribution in [-0.2, 0) is 16.0 Å². The number of pyridine rings is 1. The second-order valence-electron chi connectivity index (χ2n) is 10.9. The molecule has 5 rings (SSSR count). The van der Waals surface area contributed by atoms with Crippen molar-refractivity contribution < 1.29 is 9.59 Å². The zero-order valence-electron chi connectivity index (χ0n) is 19.0. The van der Waals surface area contributed by atoms with E-state index in [4.69, 9.17) is 0 Å². The van der Waals surface area contributed by atoms with Gasteiger partial charge in [0.25, 0.3) is 0 Å². The molecule has 7 atom stereocenters. The zero-order chi connectivity index (χ0) is 21.8. The highest BCUT2D eigenvalue weighted by Gasteiger charge is 2.60. The molecule has 166 valence electrons. The molecule has 1 aromatic rings. The van der Waals surface area contributed by atoms with Crippen molar-refractivity contribution in [2.24, 2.45) is 28.6 Å². The maximum absolute atomic E-state index is 12.8. The van der Waals surface area contributed by atoms with Crippen molar-refractivity contribution in [1.29, 1.82) is 0 Å². The topological polar surface area (TPSA) is 62.3 Å². The molecule has 0 radical (unpaired) electrons. The SMILES string of the molecule is CN1C(=O)C=C[C@@]2(C)C1CC[C@@H]1[C@H]2CC[C@]2(C)C(NC(=O)Cc3ccccn3)CC[C@@H]12. The van der Waals surface area contributed by atoms with Gasteiger partial charge >= 0.3 is 0 Å². The van der Waals surface area contributed by atoms with Crippen LogP contribution in [0.25, 0.3) is 0 Å². The molecule has 1 aromatic heterocycles. The van der Waals surface area contributed by atoms with E-state index in [1.54, 1.807) is 6.20 Å². The number of carbonyl (C=O) groups excluding carboxylic acids is 2. The highest BCUT2D eigenvalue weighted by molar-refractivity contribution is 5.89. The van der Waals surface area contributed by atoms with Crippen LogP contribution in [0.3, 0.4) is 0 Å². The number of rotatable bonds is 3. The summed E-state index contributed by atoms with van der Waals surface area (Å²) in [4.78, 5) is 31.3. The van der Waals surface area contributed by atoms with Crippen molar-refractivity contribution in [3.05, 3.63) is 42.2 Å². The molecule has 0 spiro atoms. The smallest absolute Gasteiger partial charge is 0.246 e. The molecule has 2 heterocycles. The number of hydrogen-bond acceptors (Lipinski definition) is 3. The lowest BCUT2D eigenvalue weighted by Crippen LogP contribution is -2.60. The Morgan fingerprint density at radius 1 is 1.16 bits per heavy atom. The Morgan fingerprint density at radius 3 is 2.77 bits per heavy atom. The molecule has 1 aliphatic heterocycles. The van der Waals surface area contributed by atoms with Gasteiger partial charge in [0, 0.05) is 36.4 Å². The lowest BCUT2D eigenvalue weighted by Gasteiger charge is -2.60. The van der Waals surface area contributed by atoms with Crippen LogP contribution in [0.4, 0.5) is 0 Å². The summed E-state index contributed by atoms with van der Waals surface area (Å²) in [7, 11) is 1.98. The van der Waals surface area contributed by atoms with Gasteiger partial charge in [-0.2, -0.15) is 0 Å². The predicted molar refractivity (Wildman–Crippen MR) is 120 cm³/mol. The summed E-state index contributed by atoms with van der Waals surface area (Å²) in [6, 6.07) is 6.32. The van der Waals surface area contributed by atoms with E-state index in [2.05, 4.69) is 30.2 Å². The van der Waals surface area contributed by atoms with Crippen molar-refractivity contribution in [2.75, 3.05) is 7.05 Å². The van der Waals surface area contributed by atoms with Gasteiger partial charge in [-0.25, -0.2) is 0 Å². The van der Waals surface area contributed by atoms with E-state index in [1.807, 2.05) is 36.2 Å². The Morgan fingerprint density at radius 2 is 2.00 bits per heavy atom. The molecule has 31 heavy (non-hydrogen) atoms. The van der Waals surface area contributed by atoms with Gasteiger partial charge in [0.2, 0.25) is 11.8 Å². The summed E-state index contributed by atoms with van der Waals surface area (Å²) < 4.78 is 0. The predicted octanol–water partition coefficient (Wildman–Crippen LogP) is 3.75. The fraction of sp³-hybridized carbons (Fsp3) is 0.654. The second kappa shape index (κ2) is 7.46. The first kappa shape index (κ1) is 20.7. The minimum Gasteiger partial charge on any atom is -0.352 e. The molecule has 5 heteroatoms. The molecular formula is C26H35N3O2. The van der Waals surface area contributed by atoms with E-state index >= 15 is 0 Å². The van der Waals surface area contributed by atoms with Gasteiger partial charge in [0.05, 0.1) is 6.42 Å². The summed E-state index contributed by atoms with van der Waals surface area (Å²) in [5.74, 6) is 2.21. The van der Waals surface area contributed by atoms with Crippen LogP contribution in [-0.4, -0.2) is 40.8 Å². The average Bonchev–Trinajstić information content (AvgIpc) is 3.08. The number of aromatic nitrogens is 1. The van der Waals surface area contributed by atoms with E-state index in [0.29, 0.717) is 30.2 Å². The van der Waals surface area contributed by atoms with Crippen LogP contribution in [0.5, 0.6) is 0 Å². The normalized spacial score (nSPS) is 41.3. The Balaban J connectivity index is 1.32. The number of carbonyl (C=O) groups is 2. The zero-order valence-corrected chi connectivity index (χ0v) is 19.0. The van der Waals surface area contributed by atoms with E-state index in [-0.39, 0.29) is 28.7 Å². The van der Waals surface area contributed by atoms with Crippen molar-refractivity contribution in [3.8, 4) is 0 Å². The molecule has 2 amide bonds. The van der Waals surface area contributed by atoms with Gasteiger partial charge in [-0.3, -0.25) is 14.6 Å². The van der Waals surface area contributed by atoms with Gasteiger partial charge in [-0.1, -0.05) is 26.0 Å². The summed E-state index contributed by atoms with van der Waals surface area (Å²) >= 11 is 0. The first-order chi connectivity index (χ1) is 14.8. The minimum atomic E-state index is 0.0766. The maximum atomic E-state index is 12.8. The van der Waals surface area contributed by atoms with Crippen molar-refractivity contribution in [3.63, 3.8) is 0 Å². The average molecular weight is 422 g/mol. The third-order valence-electron chi connectivity index (χ3n) is 9.53. The molecule has 1 N–H and O–H groups in total. The third kappa shape index (κ3) is 3.23. The largest absolute Gasteiger partial charge is 0.352 e. The Labute approximate surface area is 185 Å². The number of amides is 2. The second-order valence-corrected chi connectivity index (χ2v) is 10.9. The van der Waals surface area contributed by atoms with Gasteiger partial charge in [-0.15, -0.1) is 0 Å². The van der Waals surface area contributed by atoms with Crippen molar-refractivity contribution in [1.82, 2.24) is 15.2 Å². The van der Waals surface area contributed by atoms with E-state index in [9.17, 15) is 9.59 Å². The molecular weight excluding hydrogens is 386 g/mol. The maximum Gasteiger partial charge on any atom is 0.246 e. The van der Waals surface area contributed by atoms with Crippen LogP contribution in [0.15, 0.2) is 36.5 Å². The number of nitrogens with one attached hydrogen (secondary N) is 1. The molecule has 2 unspecified atom stereocenters. The monoisotopic (exact) mass is 421 g/mol. The van der Waals surface area contributed by atoms with Crippen molar-refractivity contribution >= 4 is 11.8 Å². The standard InChI is InChI=1S/C26H35N3O2/c1-25-13-11-20-18(7-10-22-26(20,2)14-12-24(31)29(22)3)19(25)8-9-21(25)28-23(30)16-17-6-4-5-15-27-17/h4-6,12,14-15,18-22H,7-11,13,16H2,1-3H3,(H,28,30)/t18-,19-,20+,21?,22?,25-,26+/m0/s1. The summed E-state index contributed by atoms with van der Waals surface area (Å²) in [6.45, 7) is 4.81. The summed E-state index contributed by atoms with van der Waals surface area (Å²) in [5, 5.41) is 3.40. The minimum absolute atomic E-state index is 0.0766. The lowest BCUT2D eigenvalue weighted by molar-refractivity contribution is -0.138. The molecule has 5 nitrogen and oxygen atoms in total. The quantitative estimate of drug-likeness (QED) is 0.809. The highest BCUT2D eigenvalue weighted by atomic mass is 16.2. The van der Waals surface area contributed by atoms with Crippen LogP contribution in [0, 0.1) is 28.6 Å². The summed E-state index contributed by atoms with van der Waals surface area (Å²) in [5.41, 5.74) is 1.08. The van der Waals surface area contributed by atoms with Crippen LogP contribution in [0.1, 0.15) is 58.1 Å². The number of hydrogen-bond donors (Lipinski definition) is 1. The molecule has 0 saturated heterocycles. The summed E-state index contributed by atoms with van der Waals surface area (Å²) in [6.07, 6.45) is 13.1. The number of likely N-dealkylation sites (N-methyl/N-ethyl adjacent to an activating group) is 1. The fourth-order valence-electron chi connectivity index (χ4n) is 7.89. The van der Waals surface area contributed by atoms with Crippen LogP contribution < -0.4 is 5.32 Å². The first-order valence-corrected chi connectivity index (χ1v) is 12.0. The Hall–Kier alpha value is -2.17. The number of fused-ring (bicyclic) bond motifs is 5. The fourth-order valence-corrected chi connectivity index (χ4v) is 7.89. The van der Waals surface area contributed by atoms with Crippen LogP contribution >= 0.6 is 0 Å². The van der Waals surface area contributed by atoms with E-state index in [1.165, 1.54) is 19.3 Å². The molecule has 3 fully saturated rings. The van der Waals surface area contributed by atoms with Crippen molar-refractivity contribution in [2.45, 2.75) is 70.9 Å². The van der Waals surface area contributed by atoms with Crippen LogP contribution in [0.2, 0.25) is 0 Å². The van der Waals surface area contributed by atoms with Gasteiger partial charge in [0.15, 0.2) is 0 Å². The highest BCUT2D eigenvalue weighted by Crippen LogP contribution is 2.63. The molecule has 3 saturated carbocycles. The van der Waals surface area contributed by atoms with E-state index in [0.717, 1.165) is 25.0 Å². The van der Waals surface area contributed by atoms with E-state index < -0.39 is 0 Å². The molecule has 3 aliphatic carbocycles. The molecule has 4 aliphatic rings. The van der Waals surface area contributed by atoms with Gasteiger partial charge in [0.1, 0.15) is 0 Å². The number of nitrogens with zero attached hydrogens (tertiary/aromatic N) is 2.